The van der Waals surface area contributed by atoms with Crippen LogP contribution in [0.4, 0.5) is 0 Å². The fourth-order valence-electron chi connectivity index (χ4n) is 1.35. The van der Waals surface area contributed by atoms with E-state index in [9.17, 15) is 9.59 Å². The highest BCUT2D eigenvalue weighted by molar-refractivity contribution is 8.39. The van der Waals surface area contributed by atoms with Gasteiger partial charge >= 0.3 is 0 Å². The number of carbonyl (C=O) groups excluding carboxylic acids is 2. The number of nitrogens with zero attached hydrogens (tertiary/aromatic N) is 1. The highest BCUT2D eigenvalue weighted by Crippen LogP contribution is 2.21. The molecule has 5 nitrogen and oxygen atoms in total. The van der Waals surface area contributed by atoms with E-state index in [2.05, 4.69) is 15.8 Å². The molecule has 100 valence electrons. The molecule has 1 aromatic rings. The first-order valence-electron chi connectivity index (χ1n) is 5.70. The maximum absolute atomic E-state index is 11.6. The van der Waals surface area contributed by atoms with Crippen molar-refractivity contribution >= 4 is 39.7 Å². The molecule has 19 heavy (non-hydrogen) atoms. The van der Waals surface area contributed by atoms with Crippen LogP contribution in [-0.4, -0.2) is 34.2 Å². The molecule has 1 aliphatic rings. The van der Waals surface area contributed by atoms with Crippen molar-refractivity contribution in [3.05, 3.63) is 35.9 Å². The average Bonchev–Trinajstić information content (AvgIpc) is 2.96. The van der Waals surface area contributed by atoms with Crippen LogP contribution in [-0.2, 0) is 4.79 Å². The fraction of sp³-hybridized carbons (Fsp3) is 0.250. The van der Waals surface area contributed by atoms with Gasteiger partial charge in [0.2, 0.25) is 5.91 Å². The van der Waals surface area contributed by atoms with Crippen LogP contribution in [0.15, 0.2) is 35.3 Å². The lowest BCUT2D eigenvalue weighted by atomic mass is 10.2. The van der Waals surface area contributed by atoms with Gasteiger partial charge in [-0.3, -0.25) is 25.4 Å². The summed E-state index contributed by atoms with van der Waals surface area (Å²) in [7, 11) is 0. The van der Waals surface area contributed by atoms with Gasteiger partial charge in [-0.25, -0.2) is 0 Å². The molecule has 7 heteroatoms. The van der Waals surface area contributed by atoms with E-state index in [-0.39, 0.29) is 17.6 Å². The van der Waals surface area contributed by atoms with Gasteiger partial charge in [-0.05, 0) is 12.1 Å². The molecule has 0 saturated carbocycles. The van der Waals surface area contributed by atoms with Gasteiger partial charge in [0.25, 0.3) is 5.91 Å². The van der Waals surface area contributed by atoms with E-state index < -0.39 is 0 Å². The van der Waals surface area contributed by atoms with E-state index in [4.69, 9.17) is 0 Å². The van der Waals surface area contributed by atoms with E-state index in [0.29, 0.717) is 5.56 Å². The third-order valence-corrected chi connectivity index (χ3v) is 4.49. The molecule has 0 aromatic heterocycles. The second kappa shape index (κ2) is 7.20. The number of hydrogen-bond donors (Lipinski definition) is 2. The third-order valence-electron chi connectivity index (χ3n) is 2.24. The Labute approximate surface area is 119 Å². The summed E-state index contributed by atoms with van der Waals surface area (Å²) < 4.78 is 0.935. The number of benzene rings is 1. The van der Waals surface area contributed by atoms with Crippen molar-refractivity contribution in [3.63, 3.8) is 0 Å². The number of rotatable bonds is 3. The molecule has 0 radical (unpaired) electrons. The zero-order valence-corrected chi connectivity index (χ0v) is 11.7. The normalized spacial score (nSPS) is 13.8. The minimum Gasteiger partial charge on any atom is -0.272 e. The molecule has 1 aliphatic heterocycles. The van der Waals surface area contributed by atoms with Crippen molar-refractivity contribution in [3.8, 4) is 0 Å². The Kier molecular flexibility index (Phi) is 5.29. The molecule has 0 atom stereocenters. The summed E-state index contributed by atoms with van der Waals surface area (Å²) in [5.41, 5.74) is 5.26. The molecular weight excluding hydrogens is 282 g/mol. The molecule has 2 amide bonds. The Hall–Kier alpha value is -1.47. The van der Waals surface area contributed by atoms with Crippen LogP contribution in [0.5, 0.6) is 0 Å². The summed E-state index contributed by atoms with van der Waals surface area (Å²) in [6.45, 7) is 0.819. The highest BCUT2D eigenvalue weighted by atomic mass is 32.2. The Balaban J connectivity index is 1.70. The molecule has 0 bridgehead atoms. The van der Waals surface area contributed by atoms with Crippen LogP contribution < -0.4 is 10.9 Å². The Morgan fingerprint density at radius 1 is 1.26 bits per heavy atom. The number of aliphatic imine (C=N–C) groups is 1. The molecule has 1 heterocycles. The monoisotopic (exact) mass is 295 g/mol. The summed E-state index contributed by atoms with van der Waals surface area (Å²) in [4.78, 5) is 27.4. The third kappa shape index (κ3) is 4.60. The van der Waals surface area contributed by atoms with Gasteiger partial charge in [-0.15, -0.1) is 0 Å². The SMILES string of the molecule is O=C(CSC1=NCCS1)NNC(=O)c1ccccc1. The van der Waals surface area contributed by atoms with Crippen LogP contribution >= 0.6 is 23.5 Å². The number of amides is 2. The predicted molar refractivity (Wildman–Crippen MR) is 79.3 cm³/mol. The standard InChI is InChI=1S/C12H13N3O2S2/c16-10(8-19-12-13-6-7-18-12)14-15-11(17)9-4-2-1-3-5-9/h1-5H,6-8H2,(H,14,16)(H,15,17). The highest BCUT2D eigenvalue weighted by Gasteiger charge is 2.11. The van der Waals surface area contributed by atoms with E-state index in [0.717, 1.165) is 16.7 Å². The molecule has 0 fully saturated rings. The molecule has 0 unspecified atom stereocenters. The number of thioether (sulfide) groups is 2. The number of nitrogens with one attached hydrogen (secondary N) is 2. The van der Waals surface area contributed by atoms with Crippen molar-refractivity contribution in [2.24, 2.45) is 4.99 Å². The number of hydrazine groups is 1. The maximum atomic E-state index is 11.6. The Bertz CT molecular complexity index is 491. The Morgan fingerprint density at radius 3 is 2.74 bits per heavy atom. The molecule has 0 saturated heterocycles. The van der Waals surface area contributed by atoms with Gasteiger partial charge in [0, 0.05) is 11.3 Å². The van der Waals surface area contributed by atoms with Crippen LogP contribution in [0.25, 0.3) is 0 Å². The minimum absolute atomic E-state index is 0.246. The second-order valence-corrected chi connectivity index (χ2v) is 5.96. The van der Waals surface area contributed by atoms with Crippen LogP contribution in [0.1, 0.15) is 10.4 Å². The van der Waals surface area contributed by atoms with Gasteiger partial charge in [-0.2, -0.15) is 0 Å². The first-order chi connectivity index (χ1) is 9.25. The van der Waals surface area contributed by atoms with Crippen molar-refractivity contribution in [2.75, 3.05) is 18.1 Å². The lowest BCUT2D eigenvalue weighted by Gasteiger charge is -2.06. The van der Waals surface area contributed by atoms with Crippen molar-refractivity contribution in [2.45, 2.75) is 0 Å². The summed E-state index contributed by atoms with van der Waals surface area (Å²) in [6, 6.07) is 8.72. The summed E-state index contributed by atoms with van der Waals surface area (Å²) in [5.74, 6) is 0.659. The van der Waals surface area contributed by atoms with Crippen LogP contribution in [0.2, 0.25) is 0 Å². The number of hydrogen-bond acceptors (Lipinski definition) is 5. The van der Waals surface area contributed by atoms with Gasteiger partial charge in [0.1, 0.15) is 4.38 Å². The van der Waals surface area contributed by atoms with Crippen LogP contribution in [0.3, 0.4) is 0 Å². The molecule has 2 rings (SSSR count). The van der Waals surface area contributed by atoms with E-state index >= 15 is 0 Å². The lowest BCUT2D eigenvalue weighted by Crippen LogP contribution is -2.42. The molecule has 1 aromatic carbocycles. The zero-order chi connectivity index (χ0) is 13.5. The first kappa shape index (κ1) is 14.0. The van der Waals surface area contributed by atoms with Gasteiger partial charge in [-0.1, -0.05) is 41.7 Å². The van der Waals surface area contributed by atoms with Gasteiger partial charge < -0.3 is 0 Å². The quantitative estimate of drug-likeness (QED) is 0.824. The molecule has 2 N–H and O–H groups in total. The lowest BCUT2D eigenvalue weighted by molar-refractivity contribution is -0.119. The first-order valence-corrected chi connectivity index (χ1v) is 7.67. The van der Waals surface area contributed by atoms with E-state index in [1.165, 1.54) is 11.8 Å². The number of carbonyl (C=O) groups is 2. The van der Waals surface area contributed by atoms with Gasteiger partial charge in [0.05, 0.1) is 12.3 Å². The maximum Gasteiger partial charge on any atom is 0.269 e. The molecular formula is C12H13N3O2S2. The zero-order valence-electron chi connectivity index (χ0n) is 10.1. The van der Waals surface area contributed by atoms with Gasteiger partial charge in [0.15, 0.2) is 0 Å². The molecule has 0 aliphatic carbocycles. The Morgan fingerprint density at radius 2 is 2.05 bits per heavy atom. The topological polar surface area (TPSA) is 70.6 Å². The van der Waals surface area contributed by atoms with Crippen molar-refractivity contribution in [1.82, 2.24) is 10.9 Å². The average molecular weight is 295 g/mol. The fourth-order valence-corrected chi connectivity index (χ4v) is 3.16. The van der Waals surface area contributed by atoms with E-state index in [1.54, 1.807) is 36.0 Å². The smallest absolute Gasteiger partial charge is 0.269 e. The summed E-state index contributed by atoms with van der Waals surface area (Å²) in [5, 5.41) is 0. The minimum atomic E-state index is -0.327. The summed E-state index contributed by atoms with van der Waals surface area (Å²) >= 11 is 3.04. The molecule has 0 spiro atoms. The van der Waals surface area contributed by atoms with Crippen molar-refractivity contribution < 1.29 is 9.59 Å². The van der Waals surface area contributed by atoms with Crippen LogP contribution in [0, 0.1) is 0 Å². The second-order valence-electron chi connectivity index (χ2n) is 3.65. The van der Waals surface area contributed by atoms with Crippen molar-refractivity contribution in [1.29, 1.82) is 0 Å². The predicted octanol–water partition coefficient (Wildman–Crippen LogP) is 1.28. The largest absolute Gasteiger partial charge is 0.272 e. The van der Waals surface area contributed by atoms with E-state index in [1.807, 2.05) is 6.07 Å². The summed E-state index contributed by atoms with van der Waals surface area (Å²) in [6.07, 6.45) is 0.